The highest BCUT2D eigenvalue weighted by Crippen LogP contribution is 2.18. The first-order chi connectivity index (χ1) is 10.4. The molecular formula is C14H17BrN2O5. The number of piperidine rings is 1. The van der Waals surface area contributed by atoms with Crippen LogP contribution in [0.15, 0.2) is 21.2 Å². The lowest BCUT2D eigenvalue weighted by Crippen LogP contribution is -2.51. The number of likely N-dealkylation sites (tertiary alicyclic amines) is 1. The summed E-state index contributed by atoms with van der Waals surface area (Å²) in [6.45, 7) is 0.227. The van der Waals surface area contributed by atoms with Crippen LogP contribution in [-0.4, -0.2) is 58.9 Å². The van der Waals surface area contributed by atoms with Gasteiger partial charge in [0, 0.05) is 13.6 Å². The number of carbonyl (C=O) groups excluding carboxylic acids is 2. The Morgan fingerprint density at radius 3 is 2.73 bits per heavy atom. The van der Waals surface area contributed by atoms with Gasteiger partial charge < -0.3 is 19.3 Å². The van der Waals surface area contributed by atoms with Crippen LogP contribution in [0.3, 0.4) is 0 Å². The number of halogens is 1. The normalized spacial score (nSPS) is 18.1. The van der Waals surface area contributed by atoms with E-state index >= 15 is 0 Å². The molecule has 0 bridgehead atoms. The quantitative estimate of drug-likeness (QED) is 0.866. The molecule has 1 N–H and O–H groups in total. The van der Waals surface area contributed by atoms with E-state index in [0.717, 1.165) is 12.8 Å². The summed E-state index contributed by atoms with van der Waals surface area (Å²) in [5.41, 5.74) is 0. The van der Waals surface area contributed by atoms with Gasteiger partial charge in [0.25, 0.3) is 5.91 Å². The predicted molar refractivity (Wildman–Crippen MR) is 80.4 cm³/mol. The Hall–Kier alpha value is -1.83. The second-order valence-electron chi connectivity index (χ2n) is 5.20. The van der Waals surface area contributed by atoms with Crippen molar-refractivity contribution in [2.24, 2.45) is 0 Å². The fourth-order valence-corrected chi connectivity index (χ4v) is 2.78. The number of amides is 2. The largest absolute Gasteiger partial charge is 0.480 e. The molecule has 1 aliphatic rings. The smallest absolute Gasteiger partial charge is 0.326 e. The number of rotatable bonds is 4. The molecule has 1 fully saturated rings. The fraction of sp³-hybridized carbons (Fsp3) is 0.500. The van der Waals surface area contributed by atoms with Gasteiger partial charge in [-0.1, -0.05) is 0 Å². The van der Waals surface area contributed by atoms with Gasteiger partial charge in [0.15, 0.2) is 10.4 Å². The van der Waals surface area contributed by atoms with Crippen LogP contribution in [0.5, 0.6) is 0 Å². The molecular weight excluding hydrogens is 356 g/mol. The van der Waals surface area contributed by atoms with Crippen LogP contribution in [-0.2, 0) is 9.59 Å². The number of carboxylic acid groups (broad SMARTS) is 1. The molecule has 1 aliphatic heterocycles. The lowest BCUT2D eigenvalue weighted by atomic mass is 10.0. The summed E-state index contributed by atoms with van der Waals surface area (Å²) in [6, 6.07) is 2.30. The summed E-state index contributed by atoms with van der Waals surface area (Å²) in [7, 11) is 1.48. The Morgan fingerprint density at radius 1 is 1.41 bits per heavy atom. The van der Waals surface area contributed by atoms with E-state index in [9.17, 15) is 19.5 Å². The third kappa shape index (κ3) is 3.68. The fourth-order valence-electron chi connectivity index (χ4n) is 2.47. The third-order valence-electron chi connectivity index (χ3n) is 3.61. The van der Waals surface area contributed by atoms with Crippen LogP contribution in [0.2, 0.25) is 0 Å². The van der Waals surface area contributed by atoms with Gasteiger partial charge in [-0.05, 0) is 47.3 Å². The molecule has 8 heteroatoms. The van der Waals surface area contributed by atoms with Crippen LogP contribution in [0.1, 0.15) is 29.8 Å². The number of likely N-dealkylation sites (N-methyl/N-ethyl adjacent to an activating group) is 1. The van der Waals surface area contributed by atoms with Crippen molar-refractivity contribution in [3.05, 3.63) is 22.6 Å². The van der Waals surface area contributed by atoms with Crippen molar-refractivity contribution < 1.29 is 23.9 Å². The van der Waals surface area contributed by atoms with Gasteiger partial charge in [0.05, 0.1) is 6.54 Å². The van der Waals surface area contributed by atoms with Gasteiger partial charge >= 0.3 is 5.97 Å². The zero-order chi connectivity index (χ0) is 16.3. The molecule has 2 amide bonds. The molecule has 1 unspecified atom stereocenters. The first-order valence-electron chi connectivity index (χ1n) is 6.93. The van der Waals surface area contributed by atoms with Crippen LogP contribution in [0.4, 0.5) is 0 Å². The molecule has 2 rings (SSSR count). The van der Waals surface area contributed by atoms with E-state index in [0.29, 0.717) is 17.6 Å². The van der Waals surface area contributed by atoms with Gasteiger partial charge in [0.2, 0.25) is 5.91 Å². The number of aliphatic carboxylic acids is 1. The zero-order valence-electron chi connectivity index (χ0n) is 12.1. The molecule has 22 heavy (non-hydrogen) atoms. The molecule has 0 spiro atoms. The van der Waals surface area contributed by atoms with Crippen LogP contribution >= 0.6 is 15.9 Å². The van der Waals surface area contributed by atoms with Crippen LogP contribution in [0, 0.1) is 0 Å². The minimum Gasteiger partial charge on any atom is -0.480 e. The van der Waals surface area contributed by atoms with Gasteiger partial charge in [-0.3, -0.25) is 9.59 Å². The molecule has 0 aliphatic carbocycles. The van der Waals surface area contributed by atoms with Crippen LogP contribution in [0.25, 0.3) is 0 Å². The highest BCUT2D eigenvalue weighted by molar-refractivity contribution is 9.10. The number of hydrogen-bond donors (Lipinski definition) is 1. The third-order valence-corrected chi connectivity index (χ3v) is 4.04. The van der Waals surface area contributed by atoms with E-state index in [1.54, 1.807) is 6.07 Å². The van der Waals surface area contributed by atoms with E-state index in [1.807, 2.05) is 0 Å². The SMILES string of the molecule is CN(CC(=O)N1CCCCC1C(=O)O)C(=O)c1ccc(Br)o1. The minimum absolute atomic E-state index is 0.121. The lowest BCUT2D eigenvalue weighted by molar-refractivity contribution is -0.152. The van der Waals surface area contributed by atoms with Crippen molar-refractivity contribution in [2.45, 2.75) is 25.3 Å². The highest BCUT2D eigenvalue weighted by atomic mass is 79.9. The monoisotopic (exact) mass is 372 g/mol. The maximum absolute atomic E-state index is 12.3. The van der Waals surface area contributed by atoms with E-state index < -0.39 is 17.9 Å². The summed E-state index contributed by atoms with van der Waals surface area (Å²) >= 11 is 3.11. The van der Waals surface area contributed by atoms with E-state index in [-0.39, 0.29) is 18.2 Å². The summed E-state index contributed by atoms with van der Waals surface area (Å²) in [6.07, 6.45) is 2.01. The average molecular weight is 373 g/mol. The number of hydrogen-bond acceptors (Lipinski definition) is 4. The molecule has 0 radical (unpaired) electrons. The maximum atomic E-state index is 12.3. The molecule has 7 nitrogen and oxygen atoms in total. The lowest BCUT2D eigenvalue weighted by Gasteiger charge is -2.34. The molecule has 2 heterocycles. The molecule has 1 aromatic heterocycles. The maximum Gasteiger partial charge on any atom is 0.326 e. The zero-order valence-corrected chi connectivity index (χ0v) is 13.7. The highest BCUT2D eigenvalue weighted by Gasteiger charge is 2.32. The number of carboxylic acids is 1. The Labute approximate surface area is 136 Å². The van der Waals surface area contributed by atoms with E-state index in [2.05, 4.69) is 15.9 Å². The van der Waals surface area contributed by atoms with Gasteiger partial charge in [0.1, 0.15) is 6.04 Å². The molecule has 1 aromatic rings. The van der Waals surface area contributed by atoms with Gasteiger partial charge in [-0.2, -0.15) is 0 Å². The number of carbonyl (C=O) groups is 3. The van der Waals surface area contributed by atoms with Crippen LogP contribution < -0.4 is 0 Å². The van der Waals surface area contributed by atoms with Gasteiger partial charge in [-0.15, -0.1) is 0 Å². The van der Waals surface area contributed by atoms with Crippen molar-refractivity contribution in [3.8, 4) is 0 Å². The molecule has 1 saturated heterocycles. The standard InChI is InChI=1S/C14H17BrN2O5/c1-16(13(19)10-5-6-11(15)22-10)8-12(18)17-7-3-2-4-9(17)14(20)21/h5-6,9H,2-4,7-8H2,1H3,(H,20,21). The second-order valence-corrected chi connectivity index (χ2v) is 5.98. The van der Waals surface area contributed by atoms with Crippen molar-refractivity contribution in [1.82, 2.24) is 9.80 Å². The first kappa shape index (κ1) is 16.5. The van der Waals surface area contributed by atoms with Crippen molar-refractivity contribution in [2.75, 3.05) is 20.1 Å². The number of furan rings is 1. The predicted octanol–water partition coefficient (Wildman–Crippen LogP) is 1.58. The number of nitrogens with zero attached hydrogens (tertiary/aromatic N) is 2. The van der Waals surface area contributed by atoms with Crippen molar-refractivity contribution in [3.63, 3.8) is 0 Å². The second kappa shape index (κ2) is 6.95. The molecule has 1 atom stereocenters. The Kier molecular flexibility index (Phi) is 5.23. The van der Waals surface area contributed by atoms with Crippen molar-refractivity contribution in [1.29, 1.82) is 0 Å². The van der Waals surface area contributed by atoms with E-state index in [4.69, 9.17) is 4.42 Å². The topological polar surface area (TPSA) is 91.1 Å². The molecule has 120 valence electrons. The van der Waals surface area contributed by atoms with Crippen molar-refractivity contribution >= 4 is 33.7 Å². The Balaban J connectivity index is 2.00. The summed E-state index contributed by atoms with van der Waals surface area (Å²) in [4.78, 5) is 38.2. The summed E-state index contributed by atoms with van der Waals surface area (Å²) < 4.78 is 5.59. The molecule has 0 saturated carbocycles. The average Bonchev–Trinajstić information content (AvgIpc) is 2.92. The molecule has 0 aromatic carbocycles. The first-order valence-corrected chi connectivity index (χ1v) is 7.72. The summed E-state index contributed by atoms with van der Waals surface area (Å²) in [5, 5.41) is 9.19. The minimum atomic E-state index is -1.00. The van der Waals surface area contributed by atoms with Gasteiger partial charge in [-0.25, -0.2) is 4.79 Å². The summed E-state index contributed by atoms with van der Waals surface area (Å²) in [5.74, 6) is -1.68. The Morgan fingerprint density at radius 2 is 2.14 bits per heavy atom. The Bertz CT molecular complexity index is 586. The van der Waals surface area contributed by atoms with E-state index in [1.165, 1.54) is 22.9 Å².